The summed E-state index contributed by atoms with van der Waals surface area (Å²) >= 11 is 3.30. The number of hydrogen-bond acceptors (Lipinski definition) is 3. The van der Waals surface area contributed by atoms with E-state index in [9.17, 15) is 4.79 Å². The second-order valence-electron chi connectivity index (χ2n) is 3.42. The van der Waals surface area contributed by atoms with E-state index in [1.165, 1.54) is 0 Å². The van der Waals surface area contributed by atoms with E-state index in [0.717, 1.165) is 23.6 Å². The highest BCUT2D eigenvalue weighted by Gasteiger charge is 2.30. The van der Waals surface area contributed by atoms with E-state index < -0.39 is 0 Å². The molecule has 1 aromatic rings. The molecule has 0 aromatic carbocycles. The molecule has 1 aliphatic rings. The van der Waals surface area contributed by atoms with Crippen molar-refractivity contribution in [1.82, 2.24) is 4.98 Å². The highest BCUT2D eigenvalue weighted by atomic mass is 79.9. The Labute approximate surface area is 90.6 Å². The zero-order chi connectivity index (χ0) is 9.97. The van der Waals surface area contributed by atoms with Crippen LogP contribution >= 0.6 is 15.9 Å². The predicted octanol–water partition coefficient (Wildman–Crippen LogP) is 2.20. The molecular weight excluding hydrogens is 246 g/mol. The van der Waals surface area contributed by atoms with Crippen LogP contribution in [0.4, 0.5) is 0 Å². The molecule has 3 nitrogen and oxygen atoms in total. The highest BCUT2D eigenvalue weighted by Crippen LogP contribution is 2.29. The number of halogens is 1. The number of pyridine rings is 1. The van der Waals surface area contributed by atoms with Gasteiger partial charge in [0.2, 0.25) is 5.88 Å². The maximum atomic E-state index is 10.4. The summed E-state index contributed by atoms with van der Waals surface area (Å²) in [5, 5.41) is 0. The molecule has 1 aromatic heterocycles. The van der Waals surface area contributed by atoms with Crippen LogP contribution in [-0.2, 0) is 4.79 Å². The summed E-state index contributed by atoms with van der Waals surface area (Å²) in [5.74, 6) is 0.818. The summed E-state index contributed by atoms with van der Waals surface area (Å²) in [5.41, 5.74) is 0. The van der Waals surface area contributed by atoms with Gasteiger partial charge >= 0.3 is 0 Å². The van der Waals surface area contributed by atoms with Gasteiger partial charge in [0, 0.05) is 22.7 Å². The zero-order valence-electron chi connectivity index (χ0n) is 7.52. The molecule has 14 heavy (non-hydrogen) atoms. The van der Waals surface area contributed by atoms with E-state index >= 15 is 0 Å². The summed E-state index contributed by atoms with van der Waals surface area (Å²) < 4.78 is 6.48. The van der Waals surface area contributed by atoms with Crippen molar-refractivity contribution in [2.24, 2.45) is 5.92 Å². The third-order valence-electron chi connectivity index (χ3n) is 2.31. The van der Waals surface area contributed by atoms with Gasteiger partial charge in [0.25, 0.3) is 0 Å². The minimum absolute atomic E-state index is 0.166. The Kier molecular flexibility index (Phi) is 2.82. The van der Waals surface area contributed by atoms with Gasteiger partial charge in [0.1, 0.15) is 12.4 Å². The second-order valence-corrected chi connectivity index (χ2v) is 4.34. The molecule has 0 unspecified atom stereocenters. The van der Waals surface area contributed by atoms with Crippen LogP contribution in [0.2, 0.25) is 0 Å². The number of rotatable bonds is 3. The lowest BCUT2D eigenvalue weighted by Crippen LogP contribution is -2.34. The molecule has 0 saturated heterocycles. The smallest absolute Gasteiger partial charge is 0.213 e. The summed E-state index contributed by atoms with van der Waals surface area (Å²) in [6, 6.07) is 3.70. The number of hydrogen-bond donors (Lipinski definition) is 0. The normalized spacial score (nSPS) is 25.2. The molecule has 2 rings (SSSR count). The first-order valence-corrected chi connectivity index (χ1v) is 5.31. The van der Waals surface area contributed by atoms with Crippen LogP contribution in [0.3, 0.4) is 0 Å². The molecule has 1 heterocycles. The Bertz CT molecular complexity index is 319. The summed E-state index contributed by atoms with van der Waals surface area (Å²) in [6.07, 6.45) is 4.50. The lowest BCUT2D eigenvalue weighted by molar-refractivity contribution is -0.116. The minimum atomic E-state index is 0.166. The fourth-order valence-corrected chi connectivity index (χ4v) is 1.65. The average Bonchev–Trinajstić information content (AvgIpc) is 2.13. The van der Waals surface area contributed by atoms with Crippen LogP contribution < -0.4 is 4.74 Å². The van der Waals surface area contributed by atoms with E-state index in [2.05, 4.69) is 20.9 Å². The van der Waals surface area contributed by atoms with Crippen LogP contribution in [0, 0.1) is 5.92 Å². The van der Waals surface area contributed by atoms with Gasteiger partial charge in [-0.3, -0.25) is 0 Å². The van der Waals surface area contributed by atoms with Gasteiger partial charge in [0.05, 0.1) is 0 Å². The lowest BCUT2D eigenvalue weighted by atomic mass is 9.83. The van der Waals surface area contributed by atoms with Crippen molar-refractivity contribution >= 4 is 22.2 Å². The number of ether oxygens (including phenoxy) is 1. The van der Waals surface area contributed by atoms with E-state index in [1.807, 2.05) is 12.1 Å². The molecule has 0 spiro atoms. The third-order valence-corrected chi connectivity index (χ3v) is 2.78. The molecular formula is C10H10BrNO2. The van der Waals surface area contributed by atoms with Crippen molar-refractivity contribution in [3.8, 4) is 5.88 Å². The summed E-state index contributed by atoms with van der Waals surface area (Å²) in [4.78, 5) is 14.4. The van der Waals surface area contributed by atoms with Crippen molar-refractivity contribution in [3.05, 3.63) is 22.8 Å². The molecule has 74 valence electrons. The van der Waals surface area contributed by atoms with E-state index in [0.29, 0.717) is 5.88 Å². The number of carbonyl (C=O) groups is 1. The maximum absolute atomic E-state index is 10.4. The zero-order valence-corrected chi connectivity index (χ0v) is 9.11. The Hall–Kier alpha value is -0.900. The Morgan fingerprint density at radius 3 is 2.86 bits per heavy atom. The van der Waals surface area contributed by atoms with Gasteiger partial charge in [-0.15, -0.1) is 0 Å². The maximum Gasteiger partial charge on any atom is 0.213 e. The van der Waals surface area contributed by atoms with Gasteiger partial charge in [-0.2, -0.15) is 0 Å². The average molecular weight is 256 g/mol. The lowest BCUT2D eigenvalue weighted by Gasteiger charge is -2.31. The molecule has 0 bridgehead atoms. The number of carbonyl (C=O) groups excluding carboxylic acids is 1. The van der Waals surface area contributed by atoms with Crippen LogP contribution in [0.5, 0.6) is 5.88 Å². The molecule has 1 saturated carbocycles. The largest absolute Gasteiger partial charge is 0.474 e. The van der Waals surface area contributed by atoms with Gasteiger partial charge in [0.15, 0.2) is 0 Å². The molecule has 0 N–H and O–H groups in total. The van der Waals surface area contributed by atoms with Crippen molar-refractivity contribution in [2.75, 3.05) is 0 Å². The Balaban J connectivity index is 1.87. The second kappa shape index (κ2) is 4.09. The first-order chi connectivity index (χ1) is 6.78. The molecule has 0 amide bonds. The van der Waals surface area contributed by atoms with E-state index in [1.54, 1.807) is 6.20 Å². The first kappa shape index (κ1) is 9.65. The first-order valence-electron chi connectivity index (χ1n) is 4.51. The number of nitrogens with zero attached hydrogens (tertiary/aromatic N) is 1. The molecule has 0 atom stereocenters. The monoisotopic (exact) mass is 255 g/mol. The minimum Gasteiger partial charge on any atom is -0.474 e. The fourth-order valence-electron chi connectivity index (χ4n) is 1.42. The Morgan fingerprint density at radius 1 is 1.50 bits per heavy atom. The number of aldehydes is 1. The van der Waals surface area contributed by atoms with E-state index in [4.69, 9.17) is 4.74 Å². The van der Waals surface area contributed by atoms with Crippen LogP contribution in [0.15, 0.2) is 22.8 Å². The standard InChI is InChI=1S/C10H10BrNO2/c11-8-1-2-10(12-5-8)14-9-3-7(4-9)6-13/h1-2,5-7,9H,3-4H2/t7-,9-. The Morgan fingerprint density at radius 2 is 2.29 bits per heavy atom. The van der Waals surface area contributed by atoms with Crippen molar-refractivity contribution in [3.63, 3.8) is 0 Å². The number of aromatic nitrogens is 1. The van der Waals surface area contributed by atoms with Crippen molar-refractivity contribution < 1.29 is 9.53 Å². The van der Waals surface area contributed by atoms with Crippen molar-refractivity contribution in [1.29, 1.82) is 0 Å². The van der Waals surface area contributed by atoms with Gasteiger partial charge in [-0.05, 0) is 34.8 Å². The molecule has 4 heteroatoms. The van der Waals surface area contributed by atoms with Crippen molar-refractivity contribution in [2.45, 2.75) is 18.9 Å². The molecule has 0 aliphatic heterocycles. The molecule has 1 aliphatic carbocycles. The van der Waals surface area contributed by atoms with Crippen LogP contribution in [0.25, 0.3) is 0 Å². The van der Waals surface area contributed by atoms with Gasteiger partial charge in [-0.1, -0.05) is 0 Å². The van der Waals surface area contributed by atoms with Gasteiger partial charge in [-0.25, -0.2) is 4.98 Å². The van der Waals surface area contributed by atoms with Crippen LogP contribution in [-0.4, -0.2) is 17.4 Å². The van der Waals surface area contributed by atoms with Gasteiger partial charge < -0.3 is 9.53 Å². The SMILES string of the molecule is O=C[C@H]1C[C@H](Oc2ccc(Br)cn2)C1. The summed E-state index contributed by atoms with van der Waals surface area (Å²) in [6.45, 7) is 0. The summed E-state index contributed by atoms with van der Waals surface area (Å²) in [7, 11) is 0. The highest BCUT2D eigenvalue weighted by molar-refractivity contribution is 9.10. The predicted molar refractivity (Wildman–Crippen MR) is 55.1 cm³/mol. The quantitative estimate of drug-likeness (QED) is 0.778. The van der Waals surface area contributed by atoms with E-state index in [-0.39, 0.29) is 12.0 Å². The van der Waals surface area contributed by atoms with Crippen LogP contribution in [0.1, 0.15) is 12.8 Å². The fraction of sp³-hybridized carbons (Fsp3) is 0.400. The molecule has 0 radical (unpaired) electrons. The third kappa shape index (κ3) is 2.12. The topological polar surface area (TPSA) is 39.2 Å². The molecule has 1 fully saturated rings.